The van der Waals surface area contributed by atoms with Crippen LogP contribution in [-0.4, -0.2) is 27.8 Å². The molecule has 7 nitrogen and oxygen atoms in total. The van der Waals surface area contributed by atoms with Crippen LogP contribution in [0.1, 0.15) is 30.0 Å². The van der Waals surface area contributed by atoms with E-state index in [0.29, 0.717) is 12.4 Å². The molecule has 142 valence electrons. The lowest BCUT2D eigenvalue weighted by atomic mass is 10.1. The van der Waals surface area contributed by atoms with E-state index in [4.69, 9.17) is 16.2 Å². The number of nitrogens with zero attached hydrogens (tertiary/aromatic N) is 2. The molecule has 1 aliphatic rings. The van der Waals surface area contributed by atoms with Gasteiger partial charge in [0.25, 0.3) is 0 Å². The van der Waals surface area contributed by atoms with Gasteiger partial charge in [-0.05, 0) is 44.0 Å². The minimum atomic E-state index is -0.373. The minimum absolute atomic E-state index is 0.0112. The Morgan fingerprint density at radius 3 is 2.93 bits per heavy atom. The maximum atomic E-state index is 12.0. The third kappa shape index (κ3) is 3.32. The molecule has 3 aromatic rings. The Morgan fingerprint density at radius 2 is 2.22 bits per heavy atom. The second-order valence-electron chi connectivity index (χ2n) is 7.15. The number of fused-ring (bicyclic) bond motifs is 3. The van der Waals surface area contributed by atoms with Crippen molar-refractivity contribution >= 4 is 39.8 Å². The van der Waals surface area contributed by atoms with Crippen LogP contribution in [0.25, 0.3) is 10.9 Å². The van der Waals surface area contributed by atoms with Gasteiger partial charge in [-0.2, -0.15) is 0 Å². The van der Waals surface area contributed by atoms with Crippen LogP contribution in [0.2, 0.25) is 0 Å². The molecule has 0 saturated heterocycles. The number of thiazole rings is 1. The van der Waals surface area contributed by atoms with Crippen LogP contribution >= 0.6 is 11.3 Å². The van der Waals surface area contributed by atoms with E-state index in [9.17, 15) is 4.79 Å². The van der Waals surface area contributed by atoms with Gasteiger partial charge in [0, 0.05) is 34.7 Å². The Balaban J connectivity index is 1.68. The summed E-state index contributed by atoms with van der Waals surface area (Å²) in [6.45, 7) is 4.34. The van der Waals surface area contributed by atoms with Crippen molar-refractivity contribution in [3.8, 4) is 0 Å². The lowest BCUT2D eigenvalue weighted by molar-refractivity contribution is 0.112. The Bertz CT molecular complexity index is 1010. The fraction of sp³-hybridized carbons (Fsp3) is 0.368. The molecule has 0 fully saturated rings. The first-order valence-corrected chi connectivity index (χ1v) is 9.84. The molecule has 1 aliphatic carbocycles. The monoisotopic (exact) mass is 385 g/mol. The van der Waals surface area contributed by atoms with Crippen LogP contribution in [-0.2, 0) is 24.1 Å². The van der Waals surface area contributed by atoms with E-state index in [1.54, 1.807) is 16.8 Å². The van der Waals surface area contributed by atoms with Crippen LogP contribution in [0.4, 0.5) is 16.3 Å². The number of nitrogens with one attached hydrogen (secondary N) is 1. The molecular formula is C19H23N5O2S. The largest absolute Gasteiger partial charge is 0.447 e. The van der Waals surface area contributed by atoms with Crippen LogP contribution in [0, 0.1) is 0 Å². The molecule has 2 heterocycles. The van der Waals surface area contributed by atoms with Crippen LogP contribution in [0.5, 0.6) is 0 Å². The normalized spacial score (nSPS) is 16.0. The number of alkyl carbamates (subject to hydrolysis) is 1. The van der Waals surface area contributed by atoms with Crippen molar-refractivity contribution in [2.24, 2.45) is 0 Å². The van der Waals surface area contributed by atoms with Crippen LogP contribution in [0.15, 0.2) is 23.7 Å². The second-order valence-corrected chi connectivity index (χ2v) is 8.09. The summed E-state index contributed by atoms with van der Waals surface area (Å²) < 4.78 is 7.49. The SMILES string of the molecule is CC(C)OC(=O)N[C@H]1Cc2c(n(Cc3scnc3N)c3ccc(N)cc23)C1. The van der Waals surface area contributed by atoms with E-state index in [-0.39, 0.29) is 18.2 Å². The van der Waals surface area contributed by atoms with E-state index in [2.05, 4.69) is 20.9 Å². The highest BCUT2D eigenvalue weighted by atomic mass is 32.1. The molecule has 0 aliphatic heterocycles. The quantitative estimate of drug-likeness (QED) is 0.599. The highest BCUT2D eigenvalue weighted by molar-refractivity contribution is 7.10. The summed E-state index contributed by atoms with van der Waals surface area (Å²) in [5, 5.41) is 4.11. The van der Waals surface area contributed by atoms with E-state index < -0.39 is 0 Å². The number of nitrogen functional groups attached to an aromatic ring is 2. The number of anilines is 2. The molecule has 0 unspecified atom stereocenters. The lowest BCUT2D eigenvalue weighted by Crippen LogP contribution is -2.37. The number of hydrogen-bond acceptors (Lipinski definition) is 6. The van der Waals surface area contributed by atoms with Crippen molar-refractivity contribution in [3.63, 3.8) is 0 Å². The van der Waals surface area contributed by atoms with E-state index >= 15 is 0 Å². The highest BCUT2D eigenvalue weighted by Gasteiger charge is 2.30. The van der Waals surface area contributed by atoms with Gasteiger partial charge in [0.15, 0.2) is 0 Å². The molecular weight excluding hydrogens is 362 g/mol. The van der Waals surface area contributed by atoms with Gasteiger partial charge in [0.1, 0.15) is 5.82 Å². The number of rotatable bonds is 4. The molecule has 1 aromatic carbocycles. The molecule has 1 amide bonds. The van der Waals surface area contributed by atoms with Gasteiger partial charge < -0.3 is 26.1 Å². The Hall–Kier alpha value is -2.74. The number of nitrogens with two attached hydrogens (primary N) is 2. The topological polar surface area (TPSA) is 108 Å². The first kappa shape index (κ1) is 17.7. The average Bonchev–Trinajstić information content (AvgIpc) is 3.24. The average molecular weight is 385 g/mol. The zero-order valence-electron chi connectivity index (χ0n) is 15.4. The summed E-state index contributed by atoms with van der Waals surface area (Å²) in [4.78, 5) is 17.2. The standard InChI is InChI=1S/C19H23N5O2S/c1-10(2)26-19(25)23-12-6-14-13-5-11(20)3-4-15(13)24(16(14)7-12)8-17-18(21)22-9-27-17/h3-5,9-10,12H,6-8,20-21H2,1-2H3,(H,23,25)/t12-/m0/s1. The van der Waals surface area contributed by atoms with Crippen molar-refractivity contribution < 1.29 is 9.53 Å². The van der Waals surface area contributed by atoms with Crippen molar-refractivity contribution in [1.82, 2.24) is 14.9 Å². The Morgan fingerprint density at radius 1 is 1.41 bits per heavy atom. The summed E-state index contributed by atoms with van der Waals surface area (Å²) in [6, 6.07) is 5.99. The smallest absolute Gasteiger partial charge is 0.407 e. The molecule has 8 heteroatoms. The van der Waals surface area contributed by atoms with Crippen molar-refractivity contribution in [2.45, 2.75) is 45.4 Å². The summed E-state index contributed by atoms with van der Waals surface area (Å²) in [7, 11) is 0. The summed E-state index contributed by atoms with van der Waals surface area (Å²) >= 11 is 1.55. The van der Waals surface area contributed by atoms with E-state index in [0.717, 1.165) is 34.3 Å². The molecule has 4 rings (SSSR count). The van der Waals surface area contributed by atoms with Crippen molar-refractivity contribution in [1.29, 1.82) is 0 Å². The number of carbonyl (C=O) groups excluding carboxylic acids is 1. The van der Waals surface area contributed by atoms with E-state index in [1.165, 1.54) is 11.3 Å². The maximum Gasteiger partial charge on any atom is 0.407 e. The van der Waals surface area contributed by atoms with E-state index in [1.807, 2.05) is 26.0 Å². The third-order valence-corrected chi connectivity index (χ3v) is 5.67. The highest BCUT2D eigenvalue weighted by Crippen LogP contribution is 2.35. The fourth-order valence-electron chi connectivity index (χ4n) is 3.75. The molecule has 0 radical (unpaired) electrons. The van der Waals surface area contributed by atoms with Gasteiger partial charge in [0.05, 0.1) is 23.0 Å². The van der Waals surface area contributed by atoms with Gasteiger partial charge in [-0.25, -0.2) is 9.78 Å². The number of aromatic nitrogens is 2. The van der Waals surface area contributed by atoms with Crippen LogP contribution in [0.3, 0.4) is 0 Å². The summed E-state index contributed by atoms with van der Waals surface area (Å²) in [5.41, 5.74) is 18.1. The molecule has 1 atom stereocenters. The number of hydrogen-bond donors (Lipinski definition) is 3. The summed E-state index contributed by atoms with van der Waals surface area (Å²) in [5.74, 6) is 0.569. The molecule has 0 bridgehead atoms. The van der Waals surface area contributed by atoms with Gasteiger partial charge in [0.2, 0.25) is 0 Å². The lowest BCUT2D eigenvalue weighted by Gasteiger charge is -2.16. The molecule has 5 N–H and O–H groups in total. The predicted molar refractivity (Wildman–Crippen MR) is 108 cm³/mol. The van der Waals surface area contributed by atoms with Crippen molar-refractivity contribution in [2.75, 3.05) is 11.5 Å². The Kier molecular flexibility index (Phi) is 4.43. The number of ether oxygens (including phenoxy) is 1. The molecule has 0 spiro atoms. The minimum Gasteiger partial charge on any atom is -0.447 e. The Labute approximate surface area is 161 Å². The fourth-order valence-corrected chi connectivity index (χ4v) is 4.42. The molecule has 2 aromatic heterocycles. The number of carbonyl (C=O) groups is 1. The third-order valence-electron chi connectivity index (χ3n) is 4.84. The van der Waals surface area contributed by atoms with Crippen molar-refractivity contribution in [3.05, 3.63) is 39.8 Å². The zero-order valence-corrected chi connectivity index (χ0v) is 16.2. The maximum absolute atomic E-state index is 12.0. The van der Waals surface area contributed by atoms with Gasteiger partial charge in [-0.3, -0.25) is 0 Å². The zero-order chi connectivity index (χ0) is 19.1. The van der Waals surface area contributed by atoms with Gasteiger partial charge in [-0.1, -0.05) is 0 Å². The number of benzene rings is 1. The first-order valence-electron chi connectivity index (χ1n) is 8.96. The van der Waals surface area contributed by atoms with Gasteiger partial charge >= 0.3 is 6.09 Å². The molecule has 0 saturated carbocycles. The first-order chi connectivity index (χ1) is 12.9. The van der Waals surface area contributed by atoms with Gasteiger partial charge in [-0.15, -0.1) is 11.3 Å². The number of amides is 1. The van der Waals surface area contributed by atoms with Crippen LogP contribution < -0.4 is 16.8 Å². The predicted octanol–water partition coefficient (Wildman–Crippen LogP) is 2.91. The summed E-state index contributed by atoms with van der Waals surface area (Å²) in [6.07, 6.45) is 0.989. The molecule has 27 heavy (non-hydrogen) atoms. The second kappa shape index (κ2) is 6.77.